The average Bonchev–Trinajstić information content (AvgIpc) is 3.01. The first kappa shape index (κ1) is 14.7. The van der Waals surface area contributed by atoms with Gasteiger partial charge in [-0.3, -0.25) is 0 Å². The van der Waals surface area contributed by atoms with E-state index in [9.17, 15) is 0 Å². The number of hydrogen-bond acceptors (Lipinski definition) is 1. The third kappa shape index (κ3) is 3.50. The van der Waals surface area contributed by atoms with Gasteiger partial charge < -0.3 is 4.57 Å². The molecule has 1 aliphatic carbocycles. The van der Waals surface area contributed by atoms with Crippen molar-refractivity contribution in [2.75, 3.05) is 0 Å². The predicted molar refractivity (Wildman–Crippen MR) is 89.4 cm³/mol. The van der Waals surface area contributed by atoms with Gasteiger partial charge in [0.15, 0.2) is 0 Å². The zero-order valence-corrected chi connectivity index (χ0v) is 13.3. The molecule has 4 heteroatoms. The Morgan fingerprint density at radius 1 is 1.19 bits per heavy atom. The first-order chi connectivity index (χ1) is 10.2. The van der Waals surface area contributed by atoms with E-state index in [4.69, 9.17) is 23.2 Å². The molecule has 1 fully saturated rings. The summed E-state index contributed by atoms with van der Waals surface area (Å²) >= 11 is 12.3. The number of aromatic nitrogens is 2. The highest BCUT2D eigenvalue weighted by atomic mass is 35.5. The summed E-state index contributed by atoms with van der Waals surface area (Å²) in [5.41, 5.74) is 2.28. The summed E-state index contributed by atoms with van der Waals surface area (Å²) in [5.74, 6) is 0.569. The molecule has 1 aliphatic rings. The molecule has 0 aliphatic heterocycles. The Hall–Kier alpha value is -1.25. The highest BCUT2D eigenvalue weighted by molar-refractivity contribution is 6.35. The molecule has 2 nitrogen and oxygen atoms in total. The van der Waals surface area contributed by atoms with Gasteiger partial charge in [-0.2, -0.15) is 0 Å². The normalized spacial score (nSPS) is 17.1. The Kier molecular flexibility index (Phi) is 4.67. The molecular weight excluding hydrogens is 303 g/mol. The smallest absolute Gasteiger partial charge is 0.0989 e. The molecule has 21 heavy (non-hydrogen) atoms. The van der Waals surface area contributed by atoms with Gasteiger partial charge in [-0.15, -0.1) is 0 Å². The van der Waals surface area contributed by atoms with Crippen LogP contribution in [0.15, 0.2) is 36.9 Å². The Morgan fingerprint density at radius 3 is 2.67 bits per heavy atom. The van der Waals surface area contributed by atoms with E-state index < -0.39 is 0 Å². The molecule has 0 spiro atoms. The van der Waals surface area contributed by atoms with Crippen molar-refractivity contribution in [3.63, 3.8) is 0 Å². The molecule has 0 amide bonds. The van der Waals surface area contributed by atoms with Crippen LogP contribution in [-0.4, -0.2) is 9.55 Å². The maximum absolute atomic E-state index is 6.32. The van der Waals surface area contributed by atoms with Crippen LogP contribution < -0.4 is 0 Å². The standard InChI is InChI=1S/C17H18Cl2N2/c18-15-7-6-14(16(19)11-15)10-17(21-9-8-20-12-21)13-4-2-1-3-5-13/h6-13H,1-5H2/b17-10-. The molecule has 0 bridgehead atoms. The minimum absolute atomic E-state index is 0.569. The van der Waals surface area contributed by atoms with Crippen molar-refractivity contribution in [2.24, 2.45) is 5.92 Å². The van der Waals surface area contributed by atoms with Crippen molar-refractivity contribution in [1.82, 2.24) is 9.55 Å². The van der Waals surface area contributed by atoms with E-state index in [-0.39, 0.29) is 0 Å². The number of benzene rings is 1. The fourth-order valence-corrected chi connectivity index (χ4v) is 3.45. The van der Waals surface area contributed by atoms with Crippen molar-refractivity contribution < 1.29 is 0 Å². The molecule has 0 N–H and O–H groups in total. The van der Waals surface area contributed by atoms with E-state index >= 15 is 0 Å². The van der Waals surface area contributed by atoms with Gasteiger partial charge in [0.05, 0.1) is 6.33 Å². The maximum atomic E-state index is 6.32. The van der Waals surface area contributed by atoms with Gasteiger partial charge in [0.25, 0.3) is 0 Å². The largest absolute Gasteiger partial charge is 0.310 e. The first-order valence-corrected chi connectivity index (χ1v) is 8.14. The van der Waals surface area contributed by atoms with Crippen molar-refractivity contribution in [3.05, 3.63) is 52.5 Å². The summed E-state index contributed by atoms with van der Waals surface area (Å²) < 4.78 is 2.11. The average molecular weight is 321 g/mol. The van der Waals surface area contributed by atoms with Crippen LogP contribution in [0.25, 0.3) is 11.8 Å². The van der Waals surface area contributed by atoms with Gasteiger partial charge in [-0.1, -0.05) is 48.5 Å². The summed E-state index contributed by atoms with van der Waals surface area (Å²) in [4.78, 5) is 4.18. The Balaban J connectivity index is 1.99. The van der Waals surface area contributed by atoms with Crippen molar-refractivity contribution in [1.29, 1.82) is 0 Å². The number of rotatable bonds is 3. The fraction of sp³-hybridized carbons (Fsp3) is 0.353. The van der Waals surface area contributed by atoms with Crippen LogP contribution in [0.2, 0.25) is 10.0 Å². The topological polar surface area (TPSA) is 17.8 Å². The number of allylic oxidation sites excluding steroid dienone is 1. The van der Waals surface area contributed by atoms with Gasteiger partial charge >= 0.3 is 0 Å². The summed E-state index contributed by atoms with van der Waals surface area (Å²) in [7, 11) is 0. The molecule has 110 valence electrons. The number of halogens is 2. The van der Waals surface area contributed by atoms with Gasteiger partial charge in [-0.05, 0) is 42.5 Å². The summed E-state index contributed by atoms with van der Waals surface area (Å²) in [6.45, 7) is 0. The molecule has 1 saturated carbocycles. The minimum atomic E-state index is 0.569. The lowest BCUT2D eigenvalue weighted by Crippen LogP contribution is -2.12. The van der Waals surface area contributed by atoms with E-state index in [2.05, 4.69) is 15.6 Å². The summed E-state index contributed by atoms with van der Waals surface area (Å²) in [6, 6.07) is 5.65. The monoisotopic (exact) mass is 320 g/mol. The van der Waals surface area contributed by atoms with Crippen molar-refractivity contribution >= 4 is 35.0 Å². The second-order valence-corrected chi connectivity index (χ2v) is 6.38. The van der Waals surface area contributed by atoms with E-state index in [0.29, 0.717) is 16.0 Å². The van der Waals surface area contributed by atoms with Crippen LogP contribution in [0, 0.1) is 5.92 Å². The zero-order chi connectivity index (χ0) is 14.7. The third-order valence-corrected chi connectivity index (χ3v) is 4.65. The molecule has 2 aromatic rings. The summed E-state index contributed by atoms with van der Waals surface area (Å²) in [5, 5.41) is 1.36. The van der Waals surface area contributed by atoms with Crippen LogP contribution in [0.3, 0.4) is 0 Å². The molecule has 1 aromatic carbocycles. The van der Waals surface area contributed by atoms with Crippen molar-refractivity contribution in [3.8, 4) is 0 Å². The fourth-order valence-electron chi connectivity index (χ4n) is 2.99. The number of hydrogen-bond donors (Lipinski definition) is 0. The molecule has 0 saturated heterocycles. The Labute approximate surface area is 135 Å². The van der Waals surface area contributed by atoms with Gasteiger partial charge in [-0.25, -0.2) is 4.98 Å². The van der Waals surface area contributed by atoms with Crippen LogP contribution >= 0.6 is 23.2 Å². The number of imidazole rings is 1. The zero-order valence-electron chi connectivity index (χ0n) is 11.8. The first-order valence-electron chi connectivity index (χ1n) is 7.39. The van der Waals surface area contributed by atoms with Crippen molar-refractivity contribution in [2.45, 2.75) is 32.1 Å². The molecule has 0 unspecified atom stereocenters. The van der Waals surface area contributed by atoms with E-state index in [1.807, 2.05) is 30.9 Å². The van der Waals surface area contributed by atoms with Crippen LogP contribution in [0.5, 0.6) is 0 Å². The summed E-state index contributed by atoms with van der Waals surface area (Å²) in [6.07, 6.45) is 14.3. The van der Waals surface area contributed by atoms with E-state index in [0.717, 1.165) is 5.56 Å². The van der Waals surface area contributed by atoms with Crippen LogP contribution in [-0.2, 0) is 0 Å². The Bertz CT molecular complexity index is 626. The lowest BCUT2D eigenvalue weighted by Gasteiger charge is -2.25. The van der Waals surface area contributed by atoms with Crippen LogP contribution in [0.1, 0.15) is 37.7 Å². The molecule has 3 rings (SSSR count). The third-order valence-electron chi connectivity index (χ3n) is 4.09. The lowest BCUT2D eigenvalue weighted by atomic mass is 9.86. The SMILES string of the molecule is Clc1ccc(/C=C(/C2CCCCC2)n2ccnc2)c(Cl)c1. The molecular formula is C17H18Cl2N2. The highest BCUT2D eigenvalue weighted by Gasteiger charge is 2.19. The van der Waals surface area contributed by atoms with Crippen LogP contribution in [0.4, 0.5) is 0 Å². The molecule has 1 aromatic heterocycles. The Morgan fingerprint density at radius 2 is 2.00 bits per heavy atom. The van der Waals surface area contributed by atoms with E-state index in [1.165, 1.54) is 37.8 Å². The van der Waals surface area contributed by atoms with Gasteiger partial charge in [0, 0.05) is 28.1 Å². The highest BCUT2D eigenvalue weighted by Crippen LogP contribution is 2.34. The molecule has 0 radical (unpaired) electrons. The minimum Gasteiger partial charge on any atom is -0.310 e. The molecule has 0 atom stereocenters. The molecule has 1 heterocycles. The number of nitrogens with zero attached hydrogens (tertiary/aromatic N) is 2. The quantitative estimate of drug-likeness (QED) is 0.702. The van der Waals surface area contributed by atoms with E-state index in [1.54, 1.807) is 6.07 Å². The van der Waals surface area contributed by atoms with Gasteiger partial charge in [0.1, 0.15) is 0 Å². The second kappa shape index (κ2) is 6.67. The van der Waals surface area contributed by atoms with Gasteiger partial charge in [0.2, 0.25) is 0 Å². The maximum Gasteiger partial charge on any atom is 0.0989 e. The predicted octanol–water partition coefficient (Wildman–Crippen LogP) is 5.77. The lowest BCUT2D eigenvalue weighted by molar-refractivity contribution is 0.421. The second-order valence-electron chi connectivity index (χ2n) is 5.54.